The van der Waals surface area contributed by atoms with Crippen LogP contribution in [0.3, 0.4) is 0 Å². The maximum Gasteiger partial charge on any atom is 0.416 e. The van der Waals surface area contributed by atoms with Gasteiger partial charge in [0.2, 0.25) is 6.08 Å². The molecule has 0 saturated heterocycles. The molecule has 0 aromatic heterocycles. The van der Waals surface area contributed by atoms with E-state index in [2.05, 4.69) is 4.99 Å². The smallest absolute Gasteiger partial charge is 0.211 e. The van der Waals surface area contributed by atoms with E-state index in [1.165, 1.54) is 0 Å². The molecule has 0 amide bonds. The molecule has 1 rings (SSSR count). The van der Waals surface area contributed by atoms with Crippen LogP contribution in [0.4, 0.5) is 18.9 Å². The van der Waals surface area contributed by atoms with Crippen LogP contribution in [0.15, 0.2) is 23.2 Å². The van der Waals surface area contributed by atoms with Crippen molar-refractivity contribution < 1.29 is 18.0 Å². The molecule has 0 heterocycles. The summed E-state index contributed by atoms with van der Waals surface area (Å²) in [7, 11) is 0. The average Bonchev–Trinajstić information content (AvgIpc) is 2.16. The Morgan fingerprint density at radius 2 is 1.94 bits per heavy atom. The number of aliphatic imine (C=N–C) groups is 1. The van der Waals surface area contributed by atoms with Crippen LogP contribution in [0.5, 0.6) is 0 Å². The van der Waals surface area contributed by atoms with Gasteiger partial charge >= 0.3 is 6.18 Å². The predicted molar refractivity (Wildman–Crippen MR) is 53.7 cm³/mol. The Labute approximate surface area is 98.7 Å². The van der Waals surface area contributed by atoms with Gasteiger partial charge in [0.15, 0.2) is 0 Å². The zero-order valence-corrected chi connectivity index (χ0v) is 9.07. The first-order valence-corrected chi connectivity index (χ1v) is 4.80. The van der Waals surface area contributed by atoms with E-state index in [4.69, 9.17) is 23.2 Å². The van der Waals surface area contributed by atoms with Crippen LogP contribution in [0.25, 0.3) is 0 Å². The highest BCUT2D eigenvalue weighted by molar-refractivity contribution is 6.44. The second-order valence-corrected chi connectivity index (χ2v) is 3.87. The van der Waals surface area contributed by atoms with Crippen molar-refractivity contribution in [2.75, 3.05) is 0 Å². The van der Waals surface area contributed by atoms with E-state index in [-0.39, 0.29) is 11.3 Å². The summed E-state index contributed by atoms with van der Waals surface area (Å²) in [6, 6.07) is 2.58. The normalized spacial score (nSPS) is 11.4. The minimum Gasteiger partial charge on any atom is -0.211 e. The van der Waals surface area contributed by atoms with Crippen LogP contribution >= 0.6 is 23.2 Å². The van der Waals surface area contributed by atoms with Gasteiger partial charge < -0.3 is 0 Å². The average molecular weight is 270 g/mol. The van der Waals surface area contributed by atoms with Gasteiger partial charge in [-0.2, -0.15) is 18.2 Å². The lowest BCUT2D eigenvalue weighted by Gasteiger charge is -2.10. The number of isocyanates is 1. The lowest BCUT2D eigenvalue weighted by molar-refractivity contribution is -0.137. The quantitative estimate of drug-likeness (QED) is 0.451. The van der Waals surface area contributed by atoms with Crippen LogP contribution in [-0.4, -0.2) is 6.08 Å². The number of carbonyl (C=O) groups excluding carboxylic acids is 1. The first-order valence-electron chi connectivity index (χ1n) is 3.93. The second-order valence-electron chi connectivity index (χ2n) is 2.78. The Bertz CT molecular complexity index is 439. The summed E-state index contributed by atoms with van der Waals surface area (Å²) >= 11 is 11.0. The number of hydrogen-bond acceptors (Lipinski definition) is 2. The highest BCUT2D eigenvalue weighted by Gasteiger charge is 2.31. The topological polar surface area (TPSA) is 29.4 Å². The van der Waals surface area contributed by atoms with Gasteiger partial charge in [0, 0.05) is 5.56 Å². The molecule has 0 N–H and O–H groups in total. The maximum absolute atomic E-state index is 12.3. The summed E-state index contributed by atoms with van der Waals surface area (Å²) in [4.78, 5) is 12.1. The van der Waals surface area contributed by atoms with Crippen LogP contribution < -0.4 is 0 Å². The van der Waals surface area contributed by atoms with Crippen LogP contribution in [0, 0.1) is 0 Å². The molecule has 0 unspecified atom stereocenters. The van der Waals surface area contributed by atoms with Crippen molar-refractivity contribution in [3.8, 4) is 0 Å². The Morgan fingerprint density at radius 3 is 2.38 bits per heavy atom. The third kappa shape index (κ3) is 2.98. The van der Waals surface area contributed by atoms with E-state index in [0.29, 0.717) is 6.07 Å². The van der Waals surface area contributed by atoms with Gasteiger partial charge in [-0.3, -0.25) is 0 Å². The molecule has 16 heavy (non-hydrogen) atoms. The molecule has 0 radical (unpaired) electrons. The molecule has 0 spiro atoms. The molecule has 7 heteroatoms. The summed E-state index contributed by atoms with van der Waals surface area (Å²) < 4.78 is 37.0. The fraction of sp³-hybridized carbons (Fsp3) is 0.222. The monoisotopic (exact) mass is 269 g/mol. The molecule has 1 aromatic rings. The molecule has 0 atom stereocenters. The third-order valence-electron chi connectivity index (χ3n) is 1.76. The maximum atomic E-state index is 12.3. The largest absolute Gasteiger partial charge is 0.416 e. The van der Waals surface area contributed by atoms with Gasteiger partial charge in [0.1, 0.15) is 4.84 Å². The van der Waals surface area contributed by atoms with Gasteiger partial charge in [0.25, 0.3) is 0 Å². The van der Waals surface area contributed by atoms with Crippen molar-refractivity contribution in [3.63, 3.8) is 0 Å². The van der Waals surface area contributed by atoms with Crippen molar-refractivity contribution in [2.45, 2.75) is 11.0 Å². The molecule has 2 nitrogen and oxygen atoms in total. The second kappa shape index (κ2) is 4.87. The minimum absolute atomic E-state index is 0.125. The van der Waals surface area contributed by atoms with Gasteiger partial charge in [-0.15, -0.1) is 0 Å². The molecule has 0 aliphatic rings. The third-order valence-corrected chi connectivity index (χ3v) is 2.23. The van der Waals surface area contributed by atoms with Gasteiger partial charge in [0.05, 0.1) is 11.3 Å². The molecule has 0 fully saturated rings. The van der Waals surface area contributed by atoms with E-state index in [0.717, 1.165) is 18.2 Å². The molecule has 0 aliphatic heterocycles. The number of alkyl halides is 5. The summed E-state index contributed by atoms with van der Waals surface area (Å²) in [6.45, 7) is 0. The summed E-state index contributed by atoms with van der Waals surface area (Å²) in [5.74, 6) is 0. The first kappa shape index (κ1) is 13.0. The molecule has 0 bridgehead atoms. The van der Waals surface area contributed by atoms with Crippen molar-refractivity contribution in [1.29, 1.82) is 0 Å². The summed E-state index contributed by atoms with van der Waals surface area (Å²) in [6.07, 6.45) is -3.37. The molecular weight excluding hydrogens is 266 g/mol. The first-order chi connectivity index (χ1) is 7.36. The fourth-order valence-electron chi connectivity index (χ4n) is 1.05. The number of nitrogens with zero attached hydrogens (tertiary/aromatic N) is 1. The van der Waals surface area contributed by atoms with E-state index in [9.17, 15) is 18.0 Å². The highest BCUT2D eigenvalue weighted by atomic mass is 35.5. The Kier molecular flexibility index (Phi) is 3.97. The predicted octanol–water partition coefficient (Wildman–Crippen LogP) is 4.15. The van der Waals surface area contributed by atoms with Crippen molar-refractivity contribution in [3.05, 3.63) is 29.3 Å². The Hall–Kier alpha value is -1.03. The lowest BCUT2D eigenvalue weighted by Crippen LogP contribution is -2.04. The zero-order chi connectivity index (χ0) is 12.3. The Morgan fingerprint density at radius 1 is 1.31 bits per heavy atom. The standard InChI is InChI=1S/C9H4Cl2F3NO/c10-8(11)6-2-1-5(9(12,13)14)3-7(6)15-4-16/h1-3,8H. The van der Waals surface area contributed by atoms with Crippen LogP contribution in [0.1, 0.15) is 16.0 Å². The summed E-state index contributed by atoms with van der Waals surface area (Å²) in [5.41, 5.74) is -1.04. The molecular formula is C9H4Cl2F3NO. The van der Waals surface area contributed by atoms with Gasteiger partial charge in [-0.05, 0) is 12.1 Å². The van der Waals surface area contributed by atoms with Crippen molar-refractivity contribution >= 4 is 35.0 Å². The fourth-order valence-corrected chi connectivity index (χ4v) is 1.42. The number of halogens is 5. The molecule has 1 aromatic carbocycles. The van der Waals surface area contributed by atoms with Crippen LogP contribution in [-0.2, 0) is 11.0 Å². The van der Waals surface area contributed by atoms with Crippen molar-refractivity contribution in [2.24, 2.45) is 4.99 Å². The lowest BCUT2D eigenvalue weighted by atomic mass is 10.1. The van der Waals surface area contributed by atoms with E-state index < -0.39 is 16.6 Å². The molecule has 86 valence electrons. The number of rotatable bonds is 2. The van der Waals surface area contributed by atoms with Gasteiger partial charge in [-0.1, -0.05) is 29.3 Å². The van der Waals surface area contributed by atoms with Gasteiger partial charge in [-0.25, -0.2) is 4.79 Å². The number of benzene rings is 1. The van der Waals surface area contributed by atoms with E-state index in [1.54, 1.807) is 0 Å². The summed E-state index contributed by atoms with van der Waals surface area (Å²) in [5, 5.41) is 0. The minimum atomic E-state index is -4.51. The highest BCUT2D eigenvalue weighted by Crippen LogP contribution is 2.37. The zero-order valence-electron chi connectivity index (χ0n) is 7.55. The SMILES string of the molecule is O=C=Nc1cc(C(F)(F)F)ccc1C(Cl)Cl. The van der Waals surface area contributed by atoms with Crippen LogP contribution in [0.2, 0.25) is 0 Å². The molecule has 0 aliphatic carbocycles. The van der Waals surface area contributed by atoms with E-state index in [1.807, 2.05) is 0 Å². The Balaban J connectivity index is 3.34. The van der Waals surface area contributed by atoms with Crippen molar-refractivity contribution in [1.82, 2.24) is 0 Å². The molecule has 0 saturated carbocycles. The van der Waals surface area contributed by atoms with E-state index >= 15 is 0 Å². The number of hydrogen-bond donors (Lipinski definition) is 0.